The second-order valence-electron chi connectivity index (χ2n) is 4.84. The first-order chi connectivity index (χ1) is 10.0. The number of carbonyl (C=O) groups excluding carboxylic acids is 1. The molecular weight excluding hydrogens is 352 g/mol. The number of carbonyl (C=O) groups is 1. The van der Waals surface area contributed by atoms with Gasteiger partial charge >= 0.3 is 0 Å². The van der Waals surface area contributed by atoms with Gasteiger partial charge in [-0.05, 0) is 37.3 Å². The van der Waals surface area contributed by atoms with Gasteiger partial charge in [-0.15, -0.1) is 0 Å². The van der Waals surface area contributed by atoms with Crippen molar-refractivity contribution < 1.29 is 10.1 Å². The Balaban J connectivity index is 1.86. The fourth-order valence-electron chi connectivity index (χ4n) is 1.99. The van der Waals surface area contributed by atoms with E-state index >= 15 is 0 Å². The maximum absolute atomic E-state index is 11.9. The molecule has 0 heterocycles. The van der Waals surface area contributed by atoms with Crippen LogP contribution in [0.25, 0.3) is 0 Å². The van der Waals surface area contributed by atoms with E-state index in [0.29, 0.717) is 11.6 Å². The van der Waals surface area contributed by atoms with E-state index in [1.54, 1.807) is 0 Å². The quantitative estimate of drug-likeness (QED) is 0.835. The van der Waals surface area contributed by atoms with E-state index < -0.39 is 0 Å². The molecule has 1 amide bonds. The molecule has 0 bridgehead atoms. The topological polar surface area (TPSA) is 45.7 Å². The summed E-state index contributed by atoms with van der Waals surface area (Å²) in [5.41, 5.74) is 1.90. The molecule has 3 nitrogen and oxygen atoms in total. The molecule has 0 saturated carbocycles. The van der Waals surface area contributed by atoms with Crippen molar-refractivity contribution >= 4 is 39.1 Å². The minimum absolute atomic E-state index is 0.0259. The van der Waals surface area contributed by atoms with Gasteiger partial charge in [0, 0.05) is 20.7 Å². The Bertz CT molecular complexity index is 633. The number of benzene rings is 2. The predicted octanol–water partition coefficient (Wildman–Crippen LogP) is 3.37. The lowest BCUT2D eigenvalue weighted by Gasteiger charge is -2.11. The van der Waals surface area contributed by atoms with Crippen LogP contribution in [0.5, 0.6) is 0 Å². The summed E-state index contributed by atoms with van der Waals surface area (Å²) in [5, 5.41) is 5.57. The van der Waals surface area contributed by atoms with Crippen LogP contribution in [-0.2, 0) is 4.79 Å². The van der Waals surface area contributed by atoms with Gasteiger partial charge in [0.2, 0.25) is 0 Å². The summed E-state index contributed by atoms with van der Waals surface area (Å²) in [6.45, 7) is 2.41. The number of hydrogen-bond acceptors (Lipinski definition) is 1. The average molecular weight is 369 g/mol. The van der Waals surface area contributed by atoms with E-state index in [0.717, 1.165) is 15.7 Å². The summed E-state index contributed by atoms with van der Waals surface area (Å²) < 4.78 is 0.941. The largest absolute Gasteiger partial charge is 0.333 e. The van der Waals surface area contributed by atoms with Crippen LogP contribution in [0.3, 0.4) is 0 Å². The average Bonchev–Trinajstić information content (AvgIpc) is 2.45. The summed E-state index contributed by atoms with van der Waals surface area (Å²) in [6.07, 6.45) is 0. The third kappa shape index (κ3) is 5.16. The highest BCUT2D eigenvalue weighted by Gasteiger charge is 2.12. The highest BCUT2D eigenvalue weighted by atomic mass is 79.9. The third-order valence-electron chi connectivity index (χ3n) is 3.14. The van der Waals surface area contributed by atoms with Crippen LogP contribution in [0.1, 0.15) is 18.5 Å². The first-order valence-electron chi connectivity index (χ1n) is 6.69. The normalized spacial score (nSPS) is 12.0. The molecule has 5 heteroatoms. The Morgan fingerprint density at radius 3 is 2.76 bits per heavy atom. The van der Waals surface area contributed by atoms with Gasteiger partial charge in [-0.3, -0.25) is 4.79 Å². The molecule has 2 aromatic carbocycles. The molecule has 0 fully saturated rings. The van der Waals surface area contributed by atoms with Crippen molar-refractivity contribution in [1.82, 2.24) is 0 Å². The molecular formula is C16H17BrClN2O+. The number of halogens is 2. The van der Waals surface area contributed by atoms with Gasteiger partial charge in [0.15, 0.2) is 6.54 Å². The first kappa shape index (κ1) is 16.0. The van der Waals surface area contributed by atoms with Crippen molar-refractivity contribution in [1.29, 1.82) is 0 Å². The maximum Gasteiger partial charge on any atom is 0.279 e. The van der Waals surface area contributed by atoms with E-state index in [4.69, 9.17) is 11.6 Å². The molecule has 0 aliphatic rings. The van der Waals surface area contributed by atoms with Crippen molar-refractivity contribution in [3.8, 4) is 0 Å². The zero-order valence-electron chi connectivity index (χ0n) is 11.6. The summed E-state index contributed by atoms with van der Waals surface area (Å²) in [6, 6.07) is 15.4. The van der Waals surface area contributed by atoms with Crippen LogP contribution in [0, 0.1) is 0 Å². The van der Waals surface area contributed by atoms with Gasteiger partial charge < -0.3 is 10.6 Å². The molecule has 0 aliphatic heterocycles. The van der Waals surface area contributed by atoms with Crippen molar-refractivity contribution in [2.45, 2.75) is 13.0 Å². The number of nitrogens with two attached hydrogens (primary N) is 1. The molecule has 110 valence electrons. The van der Waals surface area contributed by atoms with Gasteiger partial charge in [-0.2, -0.15) is 0 Å². The fourth-order valence-corrected chi connectivity index (χ4v) is 2.59. The number of hydrogen-bond donors (Lipinski definition) is 2. The van der Waals surface area contributed by atoms with Gasteiger partial charge in [0.05, 0.1) is 0 Å². The van der Waals surface area contributed by atoms with Crippen molar-refractivity contribution in [3.05, 3.63) is 63.6 Å². The van der Waals surface area contributed by atoms with Crippen LogP contribution in [-0.4, -0.2) is 12.5 Å². The molecule has 0 aromatic heterocycles. The molecule has 21 heavy (non-hydrogen) atoms. The predicted molar refractivity (Wildman–Crippen MR) is 89.4 cm³/mol. The Morgan fingerprint density at radius 2 is 2.05 bits per heavy atom. The molecule has 0 saturated heterocycles. The fraction of sp³-hybridized carbons (Fsp3) is 0.188. The van der Waals surface area contributed by atoms with Crippen molar-refractivity contribution in [3.63, 3.8) is 0 Å². The zero-order valence-corrected chi connectivity index (χ0v) is 14.0. The lowest BCUT2D eigenvalue weighted by atomic mass is 10.1. The first-order valence-corrected chi connectivity index (χ1v) is 7.86. The Hall–Kier alpha value is -1.36. The number of quaternary nitrogens is 1. The smallest absolute Gasteiger partial charge is 0.279 e. The SMILES string of the molecule is C[C@H]([NH2+]CC(=O)Nc1cccc(Br)c1)c1cccc(Cl)c1. The molecule has 0 unspecified atom stereocenters. The van der Waals surface area contributed by atoms with E-state index in [9.17, 15) is 4.79 Å². The molecule has 2 aromatic rings. The number of amides is 1. The van der Waals surface area contributed by atoms with Crippen LogP contribution in [0.2, 0.25) is 5.02 Å². The van der Waals surface area contributed by atoms with Gasteiger partial charge in [0.1, 0.15) is 6.04 Å². The van der Waals surface area contributed by atoms with Crippen LogP contribution < -0.4 is 10.6 Å². The number of anilines is 1. The van der Waals surface area contributed by atoms with Gasteiger partial charge in [-0.25, -0.2) is 0 Å². The highest BCUT2D eigenvalue weighted by molar-refractivity contribution is 9.10. The molecule has 3 N–H and O–H groups in total. The minimum Gasteiger partial charge on any atom is -0.333 e. The second kappa shape index (κ2) is 7.59. The van der Waals surface area contributed by atoms with Crippen LogP contribution in [0.4, 0.5) is 5.69 Å². The monoisotopic (exact) mass is 367 g/mol. The van der Waals surface area contributed by atoms with Gasteiger partial charge in [-0.1, -0.05) is 45.7 Å². The molecule has 0 radical (unpaired) electrons. The molecule has 2 rings (SSSR count). The van der Waals surface area contributed by atoms with Gasteiger partial charge in [0.25, 0.3) is 5.91 Å². The minimum atomic E-state index is -0.0259. The van der Waals surface area contributed by atoms with E-state index in [1.165, 1.54) is 0 Å². The van der Waals surface area contributed by atoms with Crippen LogP contribution in [0.15, 0.2) is 53.0 Å². The standard InChI is InChI=1S/C16H16BrClN2O/c1-11(12-4-2-6-14(18)8-12)19-10-16(21)20-15-7-3-5-13(17)9-15/h2-9,11,19H,10H2,1H3,(H,20,21)/p+1/t11-/m0/s1. The summed E-state index contributed by atoms with van der Waals surface area (Å²) in [5.74, 6) is -0.0259. The number of nitrogens with one attached hydrogen (secondary N) is 1. The highest BCUT2D eigenvalue weighted by Crippen LogP contribution is 2.16. The third-order valence-corrected chi connectivity index (χ3v) is 3.87. The lowest BCUT2D eigenvalue weighted by molar-refractivity contribution is -0.682. The van der Waals surface area contributed by atoms with Crippen molar-refractivity contribution in [2.75, 3.05) is 11.9 Å². The zero-order chi connectivity index (χ0) is 15.2. The van der Waals surface area contributed by atoms with Crippen molar-refractivity contribution in [2.24, 2.45) is 0 Å². The van der Waals surface area contributed by atoms with E-state index in [1.807, 2.05) is 53.8 Å². The number of rotatable bonds is 5. The van der Waals surface area contributed by atoms with E-state index in [2.05, 4.69) is 28.2 Å². The Kier molecular flexibility index (Phi) is 5.79. The second-order valence-corrected chi connectivity index (χ2v) is 6.19. The molecule has 1 atom stereocenters. The summed E-state index contributed by atoms with van der Waals surface area (Å²) in [4.78, 5) is 11.9. The molecule has 0 aliphatic carbocycles. The lowest BCUT2D eigenvalue weighted by Crippen LogP contribution is -2.86. The van der Waals surface area contributed by atoms with E-state index in [-0.39, 0.29) is 11.9 Å². The Morgan fingerprint density at radius 1 is 1.29 bits per heavy atom. The molecule has 0 spiro atoms. The Labute approximate surface area is 137 Å². The summed E-state index contributed by atoms with van der Waals surface area (Å²) in [7, 11) is 0. The maximum atomic E-state index is 11.9. The van der Waals surface area contributed by atoms with Crippen LogP contribution >= 0.6 is 27.5 Å². The summed E-state index contributed by atoms with van der Waals surface area (Å²) >= 11 is 9.36.